The van der Waals surface area contributed by atoms with Crippen LogP contribution in [0.25, 0.3) is 0 Å². The summed E-state index contributed by atoms with van der Waals surface area (Å²) < 4.78 is 0. The van der Waals surface area contributed by atoms with Crippen molar-refractivity contribution in [1.82, 2.24) is 16.0 Å². The third kappa shape index (κ3) is 5.68. The lowest BCUT2D eigenvalue weighted by atomic mass is 10.2. The Hall–Kier alpha value is -0.323. The third-order valence-corrected chi connectivity index (χ3v) is 3.40. The van der Waals surface area contributed by atoms with E-state index in [-0.39, 0.29) is 5.29 Å². The Morgan fingerprint density at radius 1 is 0.938 bits per heavy atom. The average molecular weight is 243 g/mol. The highest BCUT2D eigenvalue weighted by Crippen LogP contribution is 2.08. The molecule has 0 aromatic rings. The molecule has 0 aliphatic heterocycles. The summed E-state index contributed by atoms with van der Waals surface area (Å²) in [6, 6.07) is 1.30. The second-order valence-corrected chi connectivity index (χ2v) is 7.00. The molecule has 0 spiro atoms. The Kier molecular flexibility index (Phi) is 6.29. The first-order valence-corrected chi connectivity index (χ1v) is 7.18. The van der Waals surface area contributed by atoms with Crippen LogP contribution in [0.1, 0.15) is 41.5 Å². The molecular formula is C12H29N3Si. The van der Waals surface area contributed by atoms with E-state index in [0.717, 1.165) is 15.9 Å². The molecule has 3 N–H and O–H groups in total. The summed E-state index contributed by atoms with van der Waals surface area (Å²) in [6.45, 7) is 17.1. The molecule has 96 valence electrons. The van der Waals surface area contributed by atoms with Crippen molar-refractivity contribution in [1.29, 1.82) is 0 Å². The Morgan fingerprint density at radius 3 is 1.56 bits per heavy atom. The zero-order valence-electron chi connectivity index (χ0n) is 11.9. The smallest absolute Gasteiger partial charge is 0.0865 e. The molecule has 0 atom stereocenters. The largest absolute Gasteiger partial charge is 0.384 e. The molecule has 4 heteroatoms. The lowest BCUT2D eigenvalue weighted by molar-refractivity contribution is 0.342. The average Bonchev–Trinajstić information content (AvgIpc) is 1.98. The van der Waals surface area contributed by atoms with E-state index in [1.54, 1.807) is 0 Å². The molecule has 0 aliphatic rings. The van der Waals surface area contributed by atoms with E-state index in [0.29, 0.717) is 18.1 Å². The van der Waals surface area contributed by atoms with Crippen LogP contribution in [0.15, 0.2) is 12.3 Å². The Balaban J connectivity index is 4.69. The summed E-state index contributed by atoms with van der Waals surface area (Å²) in [4.78, 5) is 0. The molecule has 0 unspecified atom stereocenters. The highest BCUT2D eigenvalue weighted by atomic mass is 28.1. The molecule has 3 nitrogen and oxygen atoms in total. The van der Waals surface area contributed by atoms with Crippen LogP contribution in [0.2, 0.25) is 0 Å². The van der Waals surface area contributed by atoms with Gasteiger partial charge in [-0.15, -0.1) is 0 Å². The maximum Gasteiger partial charge on any atom is 0.0865 e. The van der Waals surface area contributed by atoms with Gasteiger partial charge in [0.05, 0.1) is 15.5 Å². The fraction of sp³-hybridized carbons (Fsp3) is 0.833. The summed E-state index contributed by atoms with van der Waals surface area (Å²) in [7, 11) is 0.969. The predicted molar refractivity (Wildman–Crippen MR) is 76.6 cm³/mol. The first kappa shape index (κ1) is 15.7. The molecule has 0 rings (SSSR count). The van der Waals surface area contributed by atoms with Crippen molar-refractivity contribution in [3.63, 3.8) is 0 Å². The molecule has 0 saturated carbocycles. The number of nitrogens with one attached hydrogen (secondary N) is 3. The summed E-state index contributed by atoms with van der Waals surface area (Å²) in [5.41, 5.74) is 1.05. The third-order valence-electron chi connectivity index (χ3n) is 2.22. The summed E-state index contributed by atoms with van der Waals surface area (Å²) >= 11 is 0. The van der Waals surface area contributed by atoms with Gasteiger partial charge in [0.15, 0.2) is 0 Å². The van der Waals surface area contributed by atoms with E-state index in [4.69, 9.17) is 0 Å². The molecule has 0 aromatic heterocycles. The van der Waals surface area contributed by atoms with Crippen LogP contribution in [0, 0.1) is 0 Å². The van der Waals surface area contributed by atoms with Crippen LogP contribution in [0.4, 0.5) is 0 Å². The van der Waals surface area contributed by atoms with Crippen LogP contribution >= 0.6 is 0 Å². The maximum absolute atomic E-state index is 4.17. The molecule has 0 bridgehead atoms. The quantitative estimate of drug-likeness (QED) is 0.450. The fourth-order valence-corrected chi connectivity index (χ4v) is 3.16. The van der Waals surface area contributed by atoms with Crippen LogP contribution < -0.4 is 16.0 Å². The molecule has 16 heavy (non-hydrogen) atoms. The van der Waals surface area contributed by atoms with Crippen molar-refractivity contribution in [2.24, 2.45) is 0 Å². The normalized spacial score (nSPS) is 12.8. The zero-order chi connectivity index (χ0) is 12.9. The van der Waals surface area contributed by atoms with Crippen LogP contribution in [0.5, 0.6) is 0 Å². The second kappa shape index (κ2) is 6.42. The Labute approximate surface area is 104 Å². The van der Waals surface area contributed by atoms with E-state index in [1.165, 1.54) is 0 Å². The van der Waals surface area contributed by atoms with Crippen LogP contribution in [0.3, 0.4) is 0 Å². The second-order valence-electron chi connectivity index (χ2n) is 5.50. The van der Waals surface area contributed by atoms with Crippen molar-refractivity contribution in [3.05, 3.63) is 12.3 Å². The zero-order valence-corrected chi connectivity index (χ0v) is 13.9. The molecule has 0 radical (unpaired) electrons. The monoisotopic (exact) mass is 243 g/mol. The minimum atomic E-state index is -0.132. The first-order valence-electron chi connectivity index (χ1n) is 6.18. The molecule has 0 aliphatic carbocycles. The van der Waals surface area contributed by atoms with Gasteiger partial charge in [-0.05, 0) is 41.5 Å². The minimum absolute atomic E-state index is 0.132. The van der Waals surface area contributed by atoms with Crippen LogP contribution in [-0.4, -0.2) is 33.7 Å². The number of hydrogen-bond donors (Lipinski definition) is 3. The van der Waals surface area contributed by atoms with E-state index in [2.05, 4.69) is 64.1 Å². The molecule has 0 saturated heterocycles. The maximum atomic E-state index is 4.17. The molecule has 0 fully saturated rings. The Bertz CT molecular complexity index is 214. The van der Waals surface area contributed by atoms with E-state index in [1.807, 2.05) is 0 Å². The van der Waals surface area contributed by atoms with Gasteiger partial charge in [-0.1, -0.05) is 6.58 Å². The summed E-state index contributed by atoms with van der Waals surface area (Å²) in [5.74, 6) is 0. The van der Waals surface area contributed by atoms with Gasteiger partial charge in [-0.25, -0.2) is 0 Å². The van der Waals surface area contributed by atoms with Gasteiger partial charge in [0.25, 0.3) is 0 Å². The van der Waals surface area contributed by atoms with Crippen molar-refractivity contribution >= 4 is 10.2 Å². The summed E-state index contributed by atoms with van der Waals surface area (Å²) in [5, 5.41) is 10.4. The molecule has 0 aromatic carbocycles. The van der Waals surface area contributed by atoms with Crippen molar-refractivity contribution in [2.45, 2.75) is 65.0 Å². The fourth-order valence-electron chi connectivity index (χ4n) is 1.86. The lowest BCUT2D eigenvalue weighted by Gasteiger charge is -2.39. The van der Waals surface area contributed by atoms with Gasteiger partial charge in [0, 0.05) is 23.8 Å². The molecule has 0 heterocycles. The highest BCUT2D eigenvalue weighted by molar-refractivity contribution is 6.17. The van der Waals surface area contributed by atoms with Gasteiger partial charge in [-0.3, -0.25) is 10.6 Å². The lowest BCUT2D eigenvalue weighted by Crippen LogP contribution is -2.65. The van der Waals surface area contributed by atoms with Gasteiger partial charge in [0.2, 0.25) is 0 Å². The molecular weight excluding hydrogens is 214 g/mol. The van der Waals surface area contributed by atoms with E-state index in [9.17, 15) is 0 Å². The van der Waals surface area contributed by atoms with Crippen molar-refractivity contribution in [2.75, 3.05) is 0 Å². The van der Waals surface area contributed by atoms with Crippen LogP contribution in [-0.2, 0) is 0 Å². The minimum Gasteiger partial charge on any atom is -0.384 e. The van der Waals surface area contributed by atoms with E-state index < -0.39 is 0 Å². The highest BCUT2D eigenvalue weighted by Gasteiger charge is 2.28. The number of hydrogen-bond acceptors (Lipinski definition) is 3. The number of rotatable bonds is 7. The Morgan fingerprint density at radius 2 is 1.31 bits per heavy atom. The van der Waals surface area contributed by atoms with Gasteiger partial charge in [0.1, 0.15) is 0 Å². The van der Waals surface area contributed by atoms with Gasteiger partial charge < -0.3 is 5.32 Å². The van der Waals surface area contributed by atoms with Crippen molar-refractivity contribution < 1.29 is 0 Å². The first-order chi connectivity index (χ1) is 7.17. The van der Waals surface area contributed by atoms with Gasteiger partial charge >= 0.3 is 0 Å². The topological polar surface area (TPSA) is 36.1 Å². The predicted octanol–water partition coefficient (Wildman–Crippen LogP) is 0.513. The van der Waals surface area contributed by atoms with E-state index >= 15 is 0 Å². The standard InChI is InChI=1S/C12H29N3Si/c1-8(2)13-11(7)12(16,14-9(3)4)15-10(5)6/h8-10,13-15H,7H2,1-6,16H3. The SMILES string of the molecule is C=C(NC(C)C)C([SiH3])(NC(C)C)NC(C)C. The van der Waals surface area contributed by atoms with Crippen molar-refractivity contribution in [3.8, 4) is 0 Å². The van der Waals surface area contributed by atoms with Gasteiger partial charge in [-0.2, -0.15) is 0 Å². The summed E-state index contributed by atoms with van der Waals surface area (Å²) in [6.07, 6.45) is 0. The molecule has 0 amide bonds.